The summed E-state index contributed by atoms with van der Waals surface area (Å²) >= 11 is 0. The van der Waals surface area contributed by atoms with Gasteiger partial charge in [-0.25, -0.2) is 4.79 Å². The van der Waals surface area contributed by atoms with Crippen LogP contribution in [0.3, 0.4) is 0 Å². The minimum Gasteiger partial charge on any atom is -0.494 e. The number of nitrogens with one attached hydrogen (secondary N) is 2. The zero-order chi connectivity index (χ0) is 17.7. The maximum Gasteiger partial charge on any atom is 0.328 e. The highest BCUT2D eigenvalue weighted by Gasteiger charge is 2.36. The standard InChI is InChI=1S/C16H15N3O5/c1-2-24-15(22)10(8-17)11(9-6-4-3-5-7-9)12-13(20)18-16(23)19-14(12)21/h3-7,10-11H,2H2,1H3,(H3,18,19,20,21,23). The number of H-pyrrole nitrogens is 2. The lowest BCUT2D eigenvalue weighted by Crippen LogP contribution is -2.32. The predicted molar refractivity (Wildman–Crippen MR) is 83.4 cm³/mol. The van der Waals surface area contributed by atoms with Crippen molar-refractivity contribution in [2.45, 2.75) is 12.8 Å². The summed E-state index contributed by atoms with van der Waals surface area (Å²) in [4.78, 5) is 39.6. The molecule has 0 saturated carbocycles. The minimum atomic E-state index is -1.37. The van der Waals surface area contributed by atoms with Gasteiger partial charge < -0.3 is 9.84 Å². The topological polar surface area (TPSA) is 136 Å². The number of aromatic amines is 2. The molecule has 0 aliphatic carbocycles. The van der Waals surface area contributed by atoms with Crippen molar-refractivity contribution >= 4 is 5.97 Å². The molecule has 0 saturated heterocycles. The highest BCUT2D eigenvalue weighted by molar-refractivity contribution is 5.77. The first-order chi connectivity index (χ1) is 11.5. The first kappa shape index (κ1) is 17.0. The number of benzene rings is 1. The van der Waals surface area contributed by atoms with Crippen molar-refractivity contribution in [2.24, 2.45) is 5.92 Å². The third-order valence-electron chi connectivity index (χ3n) is 3.44. The molecule has 2 atom stereocenters. The van der Waals surface area contributed by atoms with E-state index in [4.69, 9.17) is 4.74 Å². The Labute approximate surface area is 136 Å². The van der Waals surface area contributed by atoms with Gasteiger partial charge in [0.2, 0.25) is 5.88 Å². The third-order valence-corrected chi connectivity index (χ3v) is 3.44. The van der Waals surface area contributed by atoms with Crippen LogP contribution in [0.25, 0.3) is 0 Å². The van der Waals surface area contributed by atoms with E-state index in [-0.39, 0.29) is 12.2 Å². The summed E-state index contributed by atoms with van der Waals surface area (Å²) in [5.74, 6) is -3.98. The van der Waals surface area contributed by atoms with E-state index in [2.05, 4.69) is 4.98 Å². The number of nitriles is 1. The summed E-state index contributed by atoms with van der Waals surface area (Å²) in [6.07, 6.45) is 0. The summed E-state index contributed by atoms with van der Waals surface area (Å²) in [6, 6.07) is 10.1. The molecule has 2 unspecified atom stereocenters. The number of ether oxygens (including phenoxy) is 1. The van der Waals surface area contributed by atoms with E-state index in [9.17, 15) is 24.8 Å². The smallest absolute Gasteiger partial charge is 0.328 e. The number of esters is 1. The van der Waals surface area contributed by atoms with Crippen molar-refractivity contribution in [3.05, 3.63) is 62.3 Å². The monoisotopic (exact) mass is 329 g/mol. The van der Waals surface area contributed by atoms with Crippen LogP contribution in [0.1, 0.15) is 24.0 Å². The average Bonchev–Trinajstić information content (AvgIpc) is 2.54. The number of carbonyl (C=O) groups excluding carboxylic acids is 1. The van der Waals surface area contributed by atoms with Gasteiger partial charge in [0.05, 0.1) is 18.2 Å². The van der Waals surface area contributed by atoms with Crippen LogP contribution in [-0.4, -0.2) is 27.7 Å². The summed E-state index contributed by atoms with van der Waals surface area (Å²) in [7, 11) is 0. The van der Waals surface area contributed by atoms with Gasteiger partial charge in [-0.1, -0.05) is 30.3 Å². The molecule has 2 rings (SSSR count). The normalized spacial score (nSPS) is 12.8. The molecule has 24 heavy (non-hydrogen) atoms. The van der Waals surface area contributed by atoms with Gasteiger partial charge in [-0.3, -0.25) is 19.6 Å². The predicted octanol–water partition coefficient (Wildman–Crippen LogP) is 0.604. The molecule has 1 aromatic heterocycles. The highest BCUT2D eigenvalue weighted by Crippen LogP contribution is 2.34. The SMILES string of the molecule is CCOC(=O)C(C#N)C(c1ccccc1)c1c(O)[nH]c(=O)[nH]c1=O. The number of hydrogen-bond donors (Lipinski definition) is 3. The zero-order valence-electron chi connectivity index (χ0n) is 12.8. The van der Waals surface area contributed by atoms with Gasteiger partial charge in [-0.05, 0) is 12.5 Å². The van der Waals surface area contributed by atoms with Crippen LogP contribution in [0.5, 0.6) is 5.88 Å². The number of aromatic hydroxyl groups is 1. The van der Waals surface area contributed by atoms with Gasteiger partial charge in [0.1, 0.15) is 0 Å². The Bertz CT molecular complexity index is 879. The third kappa shape index (κ3) is 3.35. The lowest BCUT2D eigenvalue weighted by atomic mass is 9.82. The lowest BCUT2D eigenvalue weighted by molar-refractivity contribution is -0.146. The molecular formula is C16H15N3O5. The molecular weight excluding hydrogens is 314 g/mol. The second kappa shape index (κ2) is 7.28. The molecule has 0 bridgehead atoms. The molecule has 3 N–H and O–H groups in total. The van der Waals surface area contributed by atoms with E-state index in [1.54, 1.807) is 37.3 Å². The van der Waals surface area contributed by atoms with Crippen LogP contribution in [-0.2, 0) is 9.53 Å². The molecule has 1 heterocycles. The van der Waals surface area contributed by atoms with Gasteiger partial charge in [-0.15, -0.1) is 0 Å². The molecule has 8 heteroatoms. The van der Waals surface area contributed by atoms with Crippen molar-refractivity contribution < 1.29 is 14.6 Å². The maximum absolute atomic E-state index is 12.2. The minimum absolute atomic E-state index is 0.0620. The summed E-state index contributed by atoms with van der Waals surface area (Å²) in [5.41, 5.74) is -1.60. The second-order valence-corrected chi connectivity index (χ2v) is 4.92. The van der Waals surface area contributed by atoms with Crippen LogP contribution in [0.4, 0.5) is 0 Å². The molecule has 1 aromatic carbocycles. The first-order valence-corrected chi connectivity index (χ1v) is 7.16. The summed E-state index contributed by atoms with van der Waals surface area (Å²) in [6.45, 7) is 1.65. The van der Waals surface area contributed by atoms with E-state index >= 15 is 0 Å². The average molecular weight is 329 g/mol. The van der Waals surface area contributed by atoms with E-state index < -0.39 is 34.9 Å². The van der Waals surface area contributed by atoms with E-state index in [1.807, 2.05) is 11.1 Å². The Balaban J connectivity index is 2.70. The number of rotatable bonds is 5. The van der Waals surface area contributed by atoms with Crippen molar-refractivity contribution in [3.63, 3.8) is 0 Å². The molecule has 8 nitrogen and oxygen atoms in total. The lowest BCUT2D eigenvalue weighted by Gasteiger charge is -2.21. The fraction of sp³-hybridized carbons (Fsp3) is 0.250. The quantitative estimate of drug-likeness (QED) is 0.687. The van der Waals surface area contributed by atoms with Crippen molar-refractivity contribution in [3.8, 4) is 11.9 Å². The van der Waals surface area contributed by atoms with E-state index in [0.29, 0.717) is 5.56 Å². The van der Waals surface area contributed by atoms with Crippen molar-refractivity contribution in [1.82, 2.24) is 9.97 Å². The molecule has 0 aliphatic rings. The van der Waals surface area contributed by atoms with E-state index in [1.165, 1.54) is 0 Å². The van der Waals surface area contributed by atoms with Crippen LogP contribution in [0.2, 0.25) is 0 Å². The van der Waals surface area contributed by atoms with Gasteiger partial charge in [0.15, 0.2) is 5.92 Å². The maximum atomic E-state index is 12.2. The second-order valence-electron chi connectivity index (χ2n) is 4.92. The van der Waals surface area contributed by atoms with Gasteiger partial charge in [0, 0.05) is 5.92 Å². The molecule has 0 radical (unpaired) electrons. The van der Waals surface area contributed by atoms with Crippen LogP contribution in [0.15, 0.2) is 39.9 Å². The largest absolute Gasteiger partial charge is 0.494 e. The molecule has 2 aromatic rings. The summed E-state index contributed by atoms with van der Waals surface area (Å²) < 4.78 is 4.90. The zero-order valence-corrected chi connectivity index (χ0v) is 12.8. The number of nitrogens with zero attached hydrogens (tertiary/aromatic N) is 1. The fourth-order valence-electron chi connectivity index (χ4n) is 2.45. The van der Waals surface area contributed by atoms with Gasteiger partial charge in [0.25, 0.3) is 5.56 Å². The molecule has 0 amide bonds. The Morgan fingerprint density at radius 2 is 1.96 bits per heavy atom. The molecule has 124 valence electrons. The van der Waals surface area contributed by atoms with Gasteiger partial charge in [-0.2, -0.15) is 5.26 Å². The number of hydrogen-bond acceptors (Lipinski definition) is 6. The Morgan fingerprint density at radius 3 is 2.50 bits per heavy atom. The Hall–Kier alpha value is -3.34. The van der Waals surface area contributed by atoms with E-state index in [0.717, 1.165) is 0 Å². The molecule has 0 fully saturated rings. The van der Waals surface area contributed by atoms with Crippen LogP contribution < -0.4 is 11.2 Å². The van der Waals surface area contributed by atoms with Crippen LogP contribution in [0, 0.1) is 17.2 Å². The summed E-state index contributed by atoms with van der Waals surface area (Å²) in [5, 5.41) is 19.5. The van der Waals surface area contributed by atoms with Gasteiger partial charge >= 0.3 is 11.7 Å². The van der Waals surface area contributed by atoms with Crippen molar-refractivity contribution in [1.29, 1.82) is 5.26 Å². The molecule has 0 aliphatic heterocycles. The Morgan fingerprint density at radius 1 is 1.29 bits per heavy atom. The first-order valence-electron chi connectivity index (χ1n) is 7.16. The van der Waals surface area contributed by atoms with Crippen LogP contribution >= 0.6 is 0 Å². The fourth-order valence-corrected chi connectivity index (χ4v) is 2.45. The number of aromatic nitrogens is 2. The molecule has 0 spiro atoms. The highest BCUT2D eigenvalue weighted by atomic mass is 16.5. The van der Waals surface area contributed by atoms with Crippen molar-refractivity contribution in [2.75, 3.05) is 6.61 Å². The Kier molecular flexibility index (Phi) is 5.16. The number of carbonyl (C=O) groups is 1.